The Morgan fingerprint density at radius 2 is 1.78 bits per heavy atom. The van der Waals surface area contributed by atoms with Crippen LogP contribution in [-0.2, 0) is 36.9 Å². The molecule has 41 heavy (non-hydrogen) atoms. The van der Waals surface area contributed by atoms with Crippen molar-refractivity contribution < 1.29 is 28.7 Å². The van der Waals surface area contributed by atoms with E-state index in [1.807, 2.05) is 52.0 Å². The Morgan fingerprint density at radius 3 is 2.41 bits per heavy atom. The van der Waals surface area contributed by atoms with Gasteiger partial charge in [0.2, 0.25) is 17.6 Å². The van der Waals surface area contributed by atoms with Crippen LogP contribution in [-0.4, -0.2) is 82.8 Å². The third-order valence-electron chi connectivity index (χ3n) is 8.05. The van der Waals surface area contributed by atoms with E-state index in [0.29, 0.717) is 25.9 Å². The van der Waals surface area contributed by atoms with Gasteiger partial charge in [0.05, 0.1) is 18.6 Å². The van der Waals surface area contributed by atoms with Crippen molar-refractivity contribution in [1.82, 2.24) is 20.4 Å². The lowest BCUT2D eigenvalue weighted by Gasteiger charge is -2.33. The van der Waals surface area contributed by atoms with Gasteiger partial charge in [0.1, 0.15) is 12.1 Å². The lowest BCUT2D eigenvalue weighted by Crippen LogP contribution is -2.57. The highest BCUT2D eigenvalue weighted by Gasteiger charge is 2.46. The first kappa shape index (κ1) is 30.5. The lowest BCUT2D eigenvalue weighted by atomic mass is 9.86. The molecule has 1 unspecified atom stereocenters. The number of nitrogens with one attached hydrogen (secondary N) is 2. The van der Waals surface area contributed by atoms with E-state index in [1.54, 1.807) is 4.90 Å². The molecule has 0 radical (unpaired) electrons. The molecule has 2 fully saturated rings. The molecule has 0 aromatic heterocycles. The molecule has 4 amide bonds. The van der Waals surface area contributed by atoms with Gasteiger partial charge in [-0.2, -0.15) is 0 Å². The number of benzene rings is 1. The number of carbonyl (C=O) groups is 5. The van der Waals surface area contributed by atoms with Crippen LogP contribution in [0.25, 0.3) is 0 Å². The highest BCUT2D eigenvalue weighted by atomic mass is 16.6. The maximum absolute atomic E-state index is 13.6. The number of carbonyl (C=O) groups excluding carboxylic acids is 5. The van der Waals surface area contributed by atoms with Crippen LogP contribution in [0.3, 0.4) is 0 Å². The average Bonchev–Trinajstić information content (AvgIpc) is 3.66. The van der Waals surface area contributed by atoms with Crippen molar-refractivity contribution in [3.63, 3.8) is 0 Å². The third-order valence-corrected chi connectivity index (χ3v) is 8.05. The number of ketones is 1. The number of likely N-dealkylation sites (tertiary alicyclic amines) is 1. The first-order chi connectivity index (χ1) is 19.4. The number of nitrogens with two attached hydrogens (primary N) is 1. The van der Waals surface area contributed by atoms with Crippen LogP contribution in [0.5, 0.6) is 0 Å². The summed E-state index contributed by atoms with van der Waals surface area (Å²) < 4.78 is 5.82. The van der Waals surface area contributed by atoms with E-state index in [-0.39, 0.29) is 25.4 Å². The fourth-order valence-electron chi connectivity index (χ4n) is 5.26. The number of amides is 4. The van der Waals surface area contributed by atoms with Gasteiger partial charge >= 0.3 is 6.09 Å². The minimum absolute atomic E-state index is 0.00538. The van der Waals surface area contributed by atoms with Gasteiger partial charge in [-0.3, -0.25) is 19.2 Å². The Hall–Kier alpha value is -3.47. The second kappa shape index (κ2) is 12.6. The van der Waals surface area contributed by atoms with E-state index in [9.17, 15) is 24.0 Å². The summed E-state index contributed by atoms with van der Waals surface area (Å²) in [5.41, 5.74) is 7.97. The summed E-state index contributed by atoms with van der Waals surface area (Å²) in [5.74, 6) is -2.43. The van der Waals surface area contributed by atoms with Crippen molar-refractivity contribution in [3.8, 4) is 0 Å². The van der Waals surface area contributed by atoms with Gasteiger partial charge in [-0.15, -0.1) is 0 Å². The molecule has 1 aliphatic carbocycles. The molecule has 11 nitrogen and oxygen atoms in total. The molecular weight excluding hydrogens is 526 g/mol. The molecule has 0 spiro atoms. The molecule has 3 aliphatic rings. The smallest absolute Gasteiger partial charge is 0.410 e. The summed E-state index contributed by atoms with van der Waals surface area (Å²) in [6, 6.07) is 5.02. The first-order valence-electron chi connectivity index (χ1n) is 14.6. The van der Waals surface area contributed by atoms with Gasteiger partial charge in [-0.25, -0.2) is 4.79 Å². The standard InChI is InChI=1S/C30H43N5O6/c1-5-8-22(24(36)27(38)32-20-11-12-20)33-26(37)23-15-21(17-35(23)28(39)25(31)30(2,3)4)41-29(40)34-14-13-18-9-6-7-10-19(18)16-34/h6-7,9-10,20-23,25H,5,8,11-17,31H2,1-4H3,(H,32,38)(H,33,37)/t21-,22?,23+,25-/m1/s1. The molecule has 4 rings (SSSR count). The van der Waals surface area contributed by atoms with Crippen molar-refractivity contribution in [3.05, 3.63) is 35.4 Å². The summed E-state index contributed by atoms with van der Waals surface area (Å²) in [4.78, 5) is 68.5. The van der Waals surface area contributed by atoms with E-state index < -0.39 is 59.2 Å². The van der Waals surface area contributed by atoms with Gasteiger partial charge in [0, 0.05) is 25.6 Å². The Balaban J connectivity index is 1.47. The zero-order chi connectivity index (χ0) is 29.9. The Morgan fingerprint density at radius 1 is 1.10 bits per heavy atom. The average molecular weight is 570 g/mol. The SMILES string of the molecule is CCCC(NC(=O)[C@@H]1C[C@@H](OC(=O)N2CCc3ccccc3C2)CN1C(=O)[C@@H](N)C(C)(C)C)C(=O)C(=O)NC1CC1. The van der Waals surface area contributed by atoms with E-state index in [4.69, 9.17) is 10.5 Å². The fourth-order valence-corrected chi connectivity index (χ4v) is 5.26. The number of rotatable bonds is 9. The Labute approximate surface area is 241 Å². The minimum atomic E-state index is -1.02. The zero-order valence-electron chi connectivity index (χ0n) is 24.5. The van der Waals surface area contributed by atoms with E-state index >= 15 is 0 Å². The van der Waals surface area contributed by atoms with Crippen molar-refractivity contribution >= 4 is 29.6 Å². The maximum atomic E-state index is 13.6. The fraction of sp³-hybridized carbons (Fsp3) is 0.633. The van der Waals surface area contributed by atoms with Crippen LogP contribution in [0.15, 0.2) is 24.3 Å². The summed E-state index contributed by atoms with van der Waals surface area (Å²) in [7, 11) is 0. The molecule has 2 heterocycles. The van der Waals surface area contributed by atoms with Gasteiger partial charge in [-0.05, 0) is 42.2 Å². The van der Waals surface area contributed by atoms with Gasteiger partial charge in [0.15, 0.2) is 0 Å². The van der Waals surface area contributed by atoms with E-state index in [0.717, 1.165) is 18.4 Å². The van der Waals surface area contributed by atoms with Crippen molar-refractivity contribution in [2.75, 3.05) is 13.1 Å². The number of hydrogen-bond donors (Lipinski definition) is 3. The summed E-state index contributed by atoms with van der Waals surface area (Å²) in [6.07, 6.45) is 2.05. The van der Waals surface area contributed by atoms with Crippen LogP contribution in [0.1, 0.15) is 70.9 Å². The number of Topliss-reactive ketones (excluding diaryl/α,β-unsaturated/α-hetero) is 1. The summed E-state index contributed by atoms with van der Waals surface area (Å²) >= 11 is 0. The molecular formula is C30H43N5O6. The first-order valence-corrected chi connectivity index (χ1v) is 14.6. The molecule has 224 valence electrons. The predicted octanol–water partition coefficient (Wildman–Crippen LogP) is 1.66. The number of hydrogen-bond acceptors (Lipinski definition) is 7. The molecule has 1 aromatic carbocycles. The number of nitrogens with zero attached hydrogens (tertiary/aromatic N) is 2. The Bertz CT molecular complexity index is 1180. The van der Waals surface area contributed by atoms with E-state index in [1.165, 1.54) is 10.5 Å². The quantitative estimate of drug-likeness (QED) is 0.383. The highest BCUT2D eigenvalue weighted by Crippen LogP contribution is 2.28. The topological polar surface area (TPSA) is 151 Å². The maximum Gasteiger partial charge on any atom is 0.410 e. The van der Waals surface area contributed by atoms with Crippen molar-refractivity contribution in [1.29, 1.82) is 0 Å². The molecule has 0 bridgehead atoms. The Kier molecular flexibility index (Phi) is 9.36. The molecule has 1 saturated heterocycles. The normalized spacial score (nSPS) is 21.9. The summed E-state index contributed by atoms with van der Waals surface area (Å²) in [6.45, 7) is 8.29. The second-order valence-electron chi connectivity index (χ2n) is 12.5. The van der Waals surface area contributed by atoms with Crippen LogP contribution in [0.4, 0.5) is 4.79 Å². The lowest BCUT2D eigenvalue weighted by molar-refractivity contribution is -0.143. The molecule has 1 aromatic rings. The molecule has 4 atom stereocenters. The molecule has 11 heteroatoms. The van der Waals surface area contributed by atoms with Crippen molar-refractivity contribution in [2.45, 2.75) is 103 Å². The monoisotopic (exact) mass is 569 g/mol. The third kappa shape index (κ3) is 7.44. The van der Waals surface area contributed by atoms with Crippen LogP contribution in [0.2, 0.25) is 0 Å². The summed E-state index contributed by atoms with van der Waals surface area (Å²) in [5, 5.41) is 5.39. The largest absolute Gasteiger partial charge is 0.444 e. The minimum Gasteiger partial charge on any atom is -0.444 e. The van der Waals surface area contributed by atoms with Crippen LogP contribution < -0.4 is 16.4 Å². The molecule has 1 saturated carbocycles. The number of ether oxygens (including phenoxy) is 1. The van der Waals surface area contributed by atoms with Crippen LogP contribution >= 0.6 is 0 Å². The van der Waals surface area contributed by atoms with Gasteiger partial charge in [-0.1, -0.05) is 58.4 Å². The predicted molar refractivity (Wildman–Crippen MR) is 151 cm³/mol. The highest BCUT2D eigenvalue weighted by molar-refractivity contribution is 6.38. The van der Waals surface area contributed by atoms with Crippen molar-refractivity contribution in [2.24, 2.45) is 11.1 Å². The zero-order valence-corrected chi connectivity index (χ0v) is 24.5. The molecule has 2 aliphatic heterocycles. The van der Waals surface area contributed by atoms with Crippen LogP contribution in [0, 0.1) is 5.41 Å². The van der Waals surface area contributed by atoms with Gasteiger partial charge < -0.3 is 30.9 Å². The van der Waals surface area contributed by atoms with Gasteiger partial charge in [0.25, 0.3) is 5.91 Å². The van der Waals surface area contributed by atoms with E-state index in [2.05, 4.69) is 10.6 Å². The second-order valence-corrected chi connectivity index (χ2v) is 12.5. The number of fused-ring (bicyclic) bond motifs is 1. The molecule has 4 N–H and O–H groups in total.